The van der Waals surface area contributed by atoms with Crippen LogP contribution in [0.5, 0.6) is 0 Å². The van der Waals surface area contributed by atoms with Gasteiger partial charge in [0.1, 0.15) is 0 Å². The molecule has 0 spiro atoms. The molecule has 0 aliphatic carbocycles. The van der Waals surface area contributed by atoms with Crippen molar-refractivity contribution in [2.45, 2.75) is 0 Å². The van der Waals surface area contributed by atoms with Gasteiger partial charge in [0.2, 0.25) is 0 Å². The second kappa shape index (κ2) is 15.7. The lowest BCUT2D eigenvalue weighted by atomic mass is 10.7. The highest BCUT2D eigenvalue weighted by Gasteiger charge is 2.04. The normalized spacial score (nSPS) is 5.00. The van der Waals surface area contributed by atoms with Gasteiger partial charge in [-0.2, -0.15) is 0 Å². The van der Waals surface area contributed by atoms with Crippen molar-refractivity contribution >= 4 is 11.9 Å². The first-order valence-corrected chi connectivity index (χ1v) is 1.55. The average Bonchev–Trinajstić information content (AvgIpc) is 1.72. The van der Waals surface area contributed by atoms with E-state index in [0.29, 0.717) is 0 Å². The van der Waals surface area contributed by atoms with Crippen LogP contribution in [-0.4, -0.2) is 45.3 Å². The van der Waals surface area contributed by atoms with Crippen LogP contribution in [0.3, 0.4) is 0 Å². The summed E-state index contributed by atoms with van der Waals surface area (Å²) >= 11 is 0. The number of rotatable bonds is 0. The van der Waals surface area contributed by atoms with Gasteiger partial charge in [0.15, 0.2) is 0 Å². The molecular formula is C3H10O7. The molecule has 64 valence electrons. The fourth-order valence-corrected chi connectivity index (χ4v) is 0. The molecule has 0 aromatic heterocycles. The fourth-order valence-electron chi connectivity index (χ4n) is 0. The highest BCUT2D eigenvalue weighted by molar-refractivity contribution is 6.27. The van der Waals surface area contributed by atoms with Crippen molar-refractivity contribution < 1.29 is 35.9 Å². The number of aliphatic hydroxyl groups excluding tert-OH is 1. The zero-order valence-electron chi connectivity index (χ0n) is 5.16. The molecule has 7 heteroatoms. The first-order chi connectivity index (χ1) is 3.64. The summed E-state index contributed by atoms with van der Waals surface area (Å²) in [6.07, 6.45) is 0. The van der Waals surface area contributed by atoms with Gasteiger partial charge in [-0.25, -0.2) is 9.59 Å². The molecule has 0 aliphatic heterocycles. The Bertz CT molecular complexity index is 74.9. The van der Waals surface area contributed by atoms with E-state index in [4.69, 9.17) is 24.9 Å². The Hall–Kier alpha value is -1.18. The third-order valence-corrected chi connectivity index (χ3v) is 0.183. The van der Waals surface area contributed by atoms with E-state index in [0.717, 1.165) is 7.11 Å². The Morgan fingerprint density at radius 2 is 1.00 bits per heavy atom. The summed E-state index contributed by atoms with van der Waals surface area (Å²) in [4.78, 5) is 18.2. The van der Waals surface area contributed by atoms with E-state index < -0.39 is 11.9 Å². The molecule has 7 N–H and O–H groups in total. The van der Waals surface area contributed by atoms with Gasteiger partial charge >= 0.3 is 11.9 Å². The third-order valence-electron chi connectivity index (χ3n) is 0.183. The quantitative estimate of drug-likeness (QED) is 0.322. The summed E-state index contributed by atoms with van der Waals surface area (Å²) in [6, 6.07) is 0. The molecule has 0 atom stereocenters. The predicted octanol–water partition coefficient (Wildman–Crippen LogP) is -2.89. The van der Waals surface area contributed by atoms with E-state index in [1.54, 1.807) is 0 Å². The number of carboxylic acid groups (broad SMARTS) is 2. The minimum atomic E-state index is -1.82. The first-order valence-electron chi connectivity index (χ1n) is 1.55. The van der Waals surface area contributed by atoms with E-state index >= 15 is 0 Å². The molecule has 0 saturated heterocycles. The first kappa shape index (κ1) is 23.2. The topological polar surface area (TPSA) is 158 Å². The maximum atomic E-state index is 9.10. The van der Waals surface area contributed by atoms with Crippen LogP contribution in [0.2, 0.25) is 0 Å². The van der Waals surface area contributed by atoms with Gasteiger partial charge in [-0.15, -0.1) is 0 Å². The summed E-state index contributed by atoms with van der Waals surface area (Å²) < 4.78 is 0. The Morgan fingerprint density at radius 3 is 1.00 bits per heavy atom. The van der Waals surface area contributed by atoms with Gasteiger partial charge < -0.3 is 26.3 Å². The molecule has 0 aliphatic rings. The summed E-state index contributed by atoms with van der Waals surface area (Å²) in [5, 5.41) is 21.8. The van der Waals surface area contributed by atoms with Crippen molar-refractivity contribution in [2.75, 3.05) is 7.11 Å². The van der Waals surface area contributed by atoms with E-state index in [1.807, 2.05) is 0 Å². The van der Waals surface area contributed by atoms with Crippen LogP contribution in [0.25, 0.3) is 0 Å². The van der Waals surface area contributed by atoms with E-state index in [-0.39, 0.29) is 11.0 Å². The van der Waals surface area contributed by atoms with Gasteiger partial charge in [-0.3, -0.25) is 0 Å². The minimum absolute atomic E-state index is 0. The Kier molecular flexibility index (Phi) is 36.3. The Morgan fingerprint density at radius 1 is 0.900 bits per heavy atom. The maximum absolute atomic E-state index is 9.10. The summed E-state index contributed by atoms with van der Waals surface area (Å²) in [5.41, 5.74) is 0. The molecule has 0 bridgehead atoms. The van der Waals surface area contributed by atoms with Gasteiger partial charge in [0.05, 0.1) is 0 Å². The molecule has 0 amide bonds. The van der Waals surface area contributed by atoms with Crippen LogP contribution >= 0.6 is 0 Å². The second-order valence-electron chi connectivity index (χ2n) is 0.610. The van der Waals surface area contributed by atoms with E-state index in [9.17, 15) is 0 Å². The molecule has 7 nitrogen and oxygen atoms in total. The molecule has 10 heavy (non-hydrogen) atoms. The fraction of sp³-hybridized carbons (Fsp3) is 0.333. The van der Waals surface area contributed by atoms with Gasteiger partial charge in [0, 0.05) is 7.11 Å². The van der Waals surface area contributed by atoms with Gasteiger partial charge in [-0.1, -0.05) is 0 Å². The van der Waals surface area contributed by atoms with Crippen LogP contribution in [0.1, 0.15) is 0 Å². The molecule has 0 fully saturated rings. The maximum Gasteiger partial charge on any atom is 0.414 e. The number of hydrogen-bond acceptors (Lipinski definition) is 3. The average molecular weight is 158 g/mol. The largest absolute Gasteiger partial charge is 0.473 e. The molecule has 0 aromatic rings. The number of aliphatic hydroxyl groups is 1. The second-order valence-corrected chi connectivity index (χ2v) is 0.610. The zero-order chi connectivity index (χ0) is 7.15. The lowest BCUT2D eigenvalue weighted by Crippen LogP contribution is -2.09. The zero-order valence-corrected chi connectivity index (χ0v) is 5.16. The van der Waals surface area contributed by atoms with Crippen molar-refractivity contribution in [1.29, 1.82) is 0 Å². The van der Waals surface area contributed by atoms with Gasteiger partial charge in [-0.05, 0) is 0 Å². The monoisotopic (exact) mass is 158 g/mol. The highest BCUT2D eigenvalue weighted by Crippen LogP contribution is 1.56. The summed E-state index contributed by atoms with van der Waals surface area (Å²) in [7, 11) is 1.00. The molecule has 0 heterocycles. The number of carbonyl (C=O) groups is 2. The van der Waals surface area contributed by atoms with Crippen molar-refractivity contribution in [3.05, 3.63) is 0 Å². The van der Waals surface area contributed by atoms with Crippen LogP contribution < -0.4 is 0 Å². The van der Waals surface area contributed by atoms with Crippen LogP contribution in [-0.2, 0) is 9.59 Å². The molecular weight excluding hydrogens is 148 g/mol. The smallest absolute Gasteiger partial charge is 0.414 e. The molecule has 0 aromatic carbocycles. The lowest BCUT2D eigenvalue weighted by Gasteiger charge is -1.72. The molecule has 0 unspecified atom stereocenters. The summed E-state index contributed by atoms with van der Waals surface area (Å²) in [6.45, 7) is 0. The minimum Gasteiger partial charge on any atom is -0.473 e. The predicted molar refractivity (Wildman–Crippen MR) is 30.6 cm³/mol. The van der Waals surface area contributed by atoms with Gasteiger partial charge in [0.25, 0.3) is 0 Å². The van der Waals surface area contributed by atoms with E-state index in [2.05, 4.69) is 0 Å². The Labute approximate surface area is 56.1 Å². The molecule has 0 rings (SSSR count). The van der Waals surface area contributed by atoms with Crippen molar-refractivity contribution in [2.24, 2.45) is 0 Å². The lowest BCUT2D eigenvalue weighted by molar-refractivity contribution is -0.159. The summed E-state index contributed by atoms with van der Waals surface area (Å²) in [5.74, 6) is -3.65. The van der Waals surface area contributed by atoms with Crippen LogP contribution in [0.15, 0.2) is 0 Å². The SMILES string of the molecule is CO.O.O.O=C(O)C(=O)O. The molecule has 0 saturated carbocycles. The van der Waals surface area contributed by atoms with Crippen LogP contribution in [0, 0.1) is 0 Å². The van der Waals surface area contributed by atoms with Crippen molar-refractivity contribution in [3.63, 3.8) is 0 Å². The number of carboxylic acids is 2. The van der Waals surface area contributed by atoms with Crippen molar-refractivity contribution in [1.82, 2.24) is 0 Å². The highest BCUT2D eigenvalue weighted by atomic mass is 16.4. The number of hydrogen-bond donors (Lipinski definition) is 3. The van der Waals surface area contributed by atoms with Crippen molar-refractivity contribution in [3.8, 4) is 0 Å². The van der Waals surface area contributed by atoms with Crippen LogP contribution in [0.4, 0.5) is 0 Å². The molecule has 0 radical (unpaired) electrons. The number of aliphatic carboxylic acids is 2. The standard InChI is InChI=1S/C2H2O4.CH4O.2H2O/c3-1(4)2(5)6;1-2;;/h(H,3,4)(H,5,6);2H,1H3;2*1H2. The Balaban J connectivity index is -0.0000000412. The van der Waals surface area contributed by atoms with E-state index in [1.165, 1.54) is 0 Å². The third kappa shape index (κ3) is 29.0.